The minimum Gasteiger partial charge on any atom is -0.478 e. The molecule has 2 aliphatic rings. The van der Waals surface area contributed by atoms with Crippen molar-refractivity contribution in [3.05, 3.63) is 18.3 Å². The number of piperidine rings is 1. The molecule has 30 heavy (non-hydrogen) atoms. The number of carbonyl (C=O) groups excluding carboxylic acids is 1. The number of ether oxygens (including phenoxy) is 2. The first kappa shape index (κ1) is 22.9. The maximum Gasteiger partial charge on any atom is 0.496 e. The summed E-state index contributed by atoms with van der Waals surface area (Å²) >= 11 is 0. The van der Waals surface area contributed by atoms with Crippen molar-refractivity contribution < 1.29 is 23.6 Å². The van der Waals surface area contributed by atoms with Crippen LogP contribution in [0.15, 0.2) is 18.3 Å². The summed E-state index contributed by atoms with van der Waals surface area (Å²) in [5, 5.41) is 0. The van der Waals surface area contributed by atoms with Gasteiger partial charge in [-0.05, 0) is 72.8 Å². The number of amides is 1. The SMILES string of the molecule is CC(C)OC(=O)N1CCC(CCOc2ccc(B3OC(C)(C)C(C)(C)O3)cn2)CC1. The van der Waals surface area contributed by atoms with Crippen molar-refractivity contribution in [3.8, 4) is 5.88 Å². The zero-order valence-corrected chi connectivity index (χ0v) is 19.1. The Morgan fingerprint density at radius 1 is 1.20 bits per heavy atom. The Labute approximate surface area is 180 Å². The van der Waals surface area contributed by atoms with E-state index in [2.05, 4.69) is 4.98 Å². The highest BCUT2D eigenvalue weighted by Crippen LogP contribution is 2.36. The summed E-state index contributed by atoms with van der Waals surface area (Å²) in [6, 6.07) is 3.81. The number of hydrogen-bond acceptors (Lipinski definition) is 6. The Kier molecular flexibility index (Phi) is 6.97. The van der Waals surface area contributed by atoms with Crippen molar-refractivity contribution in [2.24, 2.45) is 5.92 Å². The van der Waals surface area contributed by atoms with Gasteiger partial charge in [0.1, 0.15) is 0 Å². The van der Waals surface area contributed by atoms with E-state index in [1.807, 2.05) is 53.7 Å². The molecule has 8 heteroatoms. The first-order valence-electron chi connectivity index (χ1n) is 11.0. The number of nitrogens with zero attached hydrogens (tertiary/aromatic N) is 2. The number of hydrogen-bond donors (Lipinski definition) is 0. The van der Waals surface area contributed by atoms with Gasteiger partial charge in [-0.1, -0.05) is 6.07 Å². The molecule has 2 aliphatic heterocycles. The van der Waals surface area contributed by atoms with Crippen molar-refractivity contribution in [1.29, 1.82) is 0 Å². The largest absolute Gasteiger partial charge is 0.496 e. The van der Waals surface area contributed by atoms with E-state index in [-0.39, 0.29) is 23.4 Å². The zero-order chi connectivity index (χ0) is 21.9. The Bertz CT molecular complexity index is 699. The molecular formula is C22H35BN2O5. The van der Waals surface area contributed by atoms with Gasteiger partial charge in [0.05, 0.1) is 23.9 Å². The van der Waals surface area contributed by atoms with E-state index < -0.39 is 7.12 Å². The van der Waals surface area contributed by atoms with Crippen LogP contribution in [-0.2, 0) is 14.0 Å². The third kappa shape index (κ3) is 5.46. The molecule has 0 aromatic carbocycles. The average Bonchev–Trinajstić information content (AvgIpc) is 2.89. The van der Waals surface area contributed by atoms with Gasteiger partial charge in [-0.2, -0.15) is 0 Å². The summed E-state index contributed by atoms with van der Waals surface area (Å²) < 4.78 is 23.2. The molecule has 7 nitrogen and oxygen atoms in total. The fourth-order valence-corrected chi connectivity index (χ4v) is 3.61. The Morgan fingerprint density at radius 2 is 1.83 bits per heavy atom. The maximum absolute atomic E-state index is 12.0. The molecule has 3 heterocycles. The molecule has 166 valence electrons. The van der Waals surface area contributed by atoms with E-state index in [4.69, 9.17) is 18.8 Å². The van der Waals surface area contributed by atoms with Crippen LogP contribution in [0.2, 0.25) is 0 Å². The Balaban J connectivity index is 1.40. The fourth-order valence-electron chi connectivity index (χ4n) is 3.61. The van der Waals surface area contributed by atoms with Crippen LogP contribution in [0.3, 0.4) is 0 Å². The summed E-state index contributed by atoms with van der Waals surface area (Å²) in [6.45, 7) is 14.0. The monoisotopic (exact) mass is 418 g/mol. The summed E-state index contributed by atoms with van der Waals surface area (Å²) in [5.74, 6) is 1.16. The molecule has 2 saturated heterocycles. The van der Waals surface area contributed by atoms with Crippen LogP contribution in [0.1, 0.15) is 60.8 Å². The van der Waals surface area contributed by atoms with Gasteiger partial charge in [0, 0.05) is 24.7 Å². The summed E-state index contributed by atoms with van der Waals surface area (Å²) in [5.41, 5.74) is 0.156. The number of likely N-dealkylation sites (tertiary alicyclic amines) is 1. The predicted octanol–water partition coefficient (Wildman–Crippen LogP) is 3.41. The van der Waals surface area contributed by atoms with E-state index in [1.165, 1.54) is 0 Å². The summed E-state index contributed by atoms with van der Waals surface area (Å²) in [7, 11) is -0.413. The Hall–Kier alpha value is -1.80. The Morgan fingerprint density at radius 3 is 2.37 bits per heavy atom. The number of rotatable bonds is 6. The first-order valence-corrected chi connectivity index (χ1v) is 11.0. The van der Waals surface area contributed by atoms with Gasteiger partial charge in [-0.15, -0.1) is 0 Å². The van der Waals surface area contributed by atoms with Crippen LogP contribution in [0.25, 0.3) is 0 Å². The van der Waals surface area contributed by atoms with Crippen molar-refractivity contribution in [3.63, 3.8) is 0 Å². The topological polar surface area (TPSA) is 70.1 Å². The minimum absolute atomic E-state index is 0.0766. The molecular weight excluding hydrogens is 383 g/mol. The molecule has 0 spiro atoms. The van der Waals surface area contributed by atoms with Crippen molar-refractivity contribution >= 4 is 18.7 Å². The maximum atomic E-state index is 12.0. The van der Waals surface area contributed by atoms with E-state index in [0.29, 0.717) is 18.4 Å². The van der Waals surface area contributed by atoms with Crippen LogP contribution in [-0.4, -0.2) is 60.1 Å². The highest BCUT2D eigenvalue weighted by Gasteiger charge is 2.51. The average molecular weight is 418 g/mol. The van der Waals surface area contributed by atoms with E-state index in [9.17, 15) is 4.79 Å². The second-order valence-electron chi connectivity index (χ2n) is 9.52. The van der Waals surface area contributed by atoms with Crippen LogP contribution in [0, 0.1) is 5.92 Å². The number of pyridine rings is 1. The molecule has 1 amide bonds. The lowest BCUT2D eigenvalue weighted by Crippen LogP contribution is -2.41. The minimum atomic E-state index is -0.413. The number of carbonyl (C=O) groups is 1. The molecule has 0 aliphatic carbocycles. The summed E-state index contributed by atoms with van der Waals surface area (Å²) in [6.07, 6.45) is 4.39. The predicted molar refractivity (Wildman–Crippen MR) is 116 cm³/mol. The van der Waals surface area contributed by atoms with Crippen LogP contribution < -0.4 is 10.2 Å². The molecule has 1 aromatic rings. The third-order valence-corrected chi connectivity index (χ3v) is 6.27. The van der Waals surface area contributed by atoms with E-state index in [0.717, 1.165) is 37.8 Å². The lowest BCUT2D eigenvalue weighted by atomic mass is 9.80. The van der Waals surface area contributed by atoms with Gasteiger partial charge in [0.25, 0.3) is 0 Å². The molecule has 0 radical (unpaired) electrons. The van der Waals surface area contributed by atoms with Gasteiger partial charge in [0.15, 0.2) is 0 Å². The van der Waals surface area contributed by atoms with Crippen molar-refractivity contribution in [2.75, 3.05) is 19.7 Å². The lowest BCUT2D eigenvalue weighted by molar-refractivity contribution is 0.00578. The molecule has 0 N–H and O–H groups in total. The van der Waals surface area contributed by atoms with Crippen LogP contribution >= 0.6 is 0 Å². The van der Waals surface area contributed by atoms with E-state index >= 15 is 0 Å². The zero-order valence-electron chi connectivity index (χ0n) is 19.1. The number of aromatic nitrogens is 1. The molecule has 1 aromatic heterocycles. The molecule has 3 rings (SSSR count). The molecule has 0 bridgehead atoms. The fraction of sp³-hybridized carbons (Fsp3) is 0.727. The summed E-state index contributed by atoms with van der Waals surface area (Å²) in [4.78, 5) is 18.2. The molecule has 0 unspecified atom stereocenters. The van der Waals surface area contributed by atoms with Gasteiger partial charge in [0.2, 0.25) is 5.88 Å². The molecule has 0 atom stereocenters. The van der Waals surface area contributed by atoms with Gasteiger partial charge >= 0.3 is 13.2 Å². The van der Waals surface area contributed by atoms with Crippen molar-refractivity contribution in [1.82, 2.24) is 9.88 Å². The first-order chi connectivity index (χ1) is 14.1. The van der Waals surface area contributed by atoms with E-state index in [1.54, 1.807) is 11.1 Å². The normalized spacial score (nSPS) is 21.2. The standard InChI is InChI=1S/C22H35BN2O5/c1-16(2)28-20(26)25-12-9-17(10-13-25)11-14-27-19-8-7-18(15-24-19)23-29-21(3,4)22(5,6)30-23/h7-8,15-17H,9-14H2,1-6H3. The highest BCUT2D eigenvalue weighted by atomic mass is 16.7. The third-order valence-electron chi connectivity index (χ3n) is 6.27. The smallest absolute Gasteiger partial charge is 0.478 e. The van der Waals surface area contributed by atoms with Gasteiger partial charge in [-0.3, -0.25) is 0 Å². The van der Waals surface area contributed by atoms with Crippen molar-refractivity contribution in [2.45, 2.75) is 78.1 Å². The quantitative estimate of drug-likeness (QED) is 0.660. The van der Waals surface area contributed by atoms with Gasteiger partial charge in [-0.25, -0.2) is 9.78 Å². The van der Waals surface area contributed by atoms with Crippen LogP contribution in [0.4, 0.5) is 4.79 Å². The highest BCUT2D eigenvalue weighted by molar-refractivity contribution is 6.62. The second kappa shape index (κ2) is 9.14. The molecule has 0 saturated carbocycles. The second-order valence-corrected chi connectivity index (χ2v) is 9.52. The van der Waals surface area contributed by atoms with Gasteiger partial charge < -0.3 is 23.7 Å². The lowest BCUT2D eigenvalue weighted by Gasteiger charge is -2.32. The van der Waals surface area contributed by atoms with Crippen LogP contribution in [0.5, 0.6) is 5.88 Å². The molecule has 2 fully saturated rings.